The van der Waals surface area contributed by atoms with E-state index >= 15 is 0 Å². The molecule has 0 unspecified atom stereocenters. The number of hydrogen-bond acceptors (Lipinski definition) is 5. The SMILES string of the molecule is CCc1ccc(C(=O)N/N=C/c2cc(O)c(O)c(OC)c2)cc1. The molecule has 120 valence electrons. The predicted octanol–water partition coefficient (Wildman–Crippen LogP) is 2.43. The highest BCUT2D eigenvalue weighted by atomic mass is 16.5. The second-order valence-corrected chi connectivity index (χ2v) is 4.84. The van der Waals surface area contributed by atoms with E-state index in [0.29, 0.717) is 11.1 Å². The maximum Gasteiger partial charge on any atom is 0.271 e. The van der Waals surface area contributed by atoms with Crippen molar-refractivity contribution in [1.29, 1.82) is 0 Å². The van der Waals surface area contributed by atoms with Gasteiger partial charge in [-0.3, -0.25) is 4.79 Å². The number of aryl methyl sites for hydroxylation is 1. The Morgan fingerprint density at radius 1 is 1.26 bits per heavy atom. The lowest BCUT2D eigenvalue weighted by Crippen LogP contribution is -2.17. The molecule has 0 aliphatic rings. The minimum atomic E-state index is -0.343. The summed E-state index contributed by atoms with van der Waals surface area (Å²) >= 11 is 0. The van der Waals surface area contributed by atoms with Crippen molar-refractivity contribution in [2.24, 2.45) is 5.10 Å². The van der Waals surface area contributed by atoms with Crippen LogP contribution in [0, 0.1) is 0 Å². The van der Waals surface area contributed by atoms with Crippen molar-refractivity contribution < 1.29 is 19.7 Å². The van der Waals surface area contributed by atoms with Gasteiger partial charge in [-0.1, -0.05) is 19.1 Å². The Labute approximate surface area is 134 Å². The molecule has 2 rings (SSSR count). The molecule has 0 fully saturated rings. The van der Waals surface area contributed by atoms with Crippen LogP contribution < -0.4 is 10.2 Å². The van der Waals surface area contributed by atoms with E-state index < -0.39 is 0 Å². The van der Waals surface area contributed by atoms with Crippen LogP contribution in [0.5, 0.6) is 17.2 Å². The molecule has 0 aromatic heterocycles. The van der Waals surface area contributed by atoms with E-state index in [2.05, 4.69) is 10.5 Å². The number of ether oxygens (including phenoxy) is 1. The summed E-state index contributed by atoms with van der Waals surface area (Å²) in [7, 11) is 1.37. The van der Waals surface area contributed by atoms with E-state index in [1.165, 1.54) is 25.5 Å². The molecule has 1 amide bonds. The number of hydrogen-bond donors (Lipinski definition) is 3. The Morgan fingerprint density at radius 2 is 1.96 bits per heavy atom. The molecule has 0 heterocycles. The first-order valence-corrected chi connectivity index (χ1v) is 7.07. The standard InChI is InChI=1S/C17H18N2O4/c1-3-11-4-6-13(7-5-11)17(22)19-18-10-12-8-14(20)16(21)15(9-12)23-2/h4-10,20-21H,3H2,1-2H3,(H,19,22)/b18-10+. The zero-order valence-corrected chi connectivity index (χ0v) is 12.9. The summed E-state index contributed by atoms with van der Waals surface area (Å²) in [6, 6.07) is 10.0. The highest BCUT2D eigenvalue weighted by Gasteiger charge is 2.09. The van der Waals surface area contributed by atoms with Gasteiger partial charge >= 0.3 is 0 Å². The first-order chi connectivity index (χ1) is 11.0. The van der Waals surface area contributed by atoms with Gasteiger partial charge in [-0.25, -0.2) is 5.43 Å². The van der Waals surface area contributed by atoms with Crippen molar-refractivity contribution in [3.63, 3.8) is 0 Å². The summed E-state index contributed by atoms with van der Waals surface area (Å²) in [6.07, 6.45) is 2.26. The molecular weight excluding hydrogens is 296 g/mol. The number of carbonyl (C=O) groups excluding carboxylic acids is 1. The molecule has 6 heteroatoms. The number of phenolic OH excluding ortho intramolecular Hbond substituents is 2. The zero-order chi connectivity index (χ0) is 16.8. The average Bonchev–Trinajstić information content (AvgIpc) is 2.57. The third-order valence-corrected chi connectivity index (χ3v) is 3.30. The molecule has 0 saturated heterocycles. The van der Waals surface area contributed by atoms with Crippen LogP contribution >= 0.6 is 0 Å². The molecule has 0 radical (unpaired) electrons. The monoisotopic (exact) mass is 314 g/mol. The number of amides is 1. The maximum absolute atomic E-state index is 11.9. The summed E-state index contributed by atoms with van der Waals surface area (Å²) in [4.78, 5) is 11.9. The first-order valence-electron chi connectivity index (χ1n) is 7.07. The number of carbonyl (C=O) groups is 1. The number of aromatic hydroxyl groups is 2. The maximum atomic E-state index is 11.9. The molecule has 0 spiro atoms. The first kappa shape index (κ1) is 16.4. The van der Waals surface area contributed by atoms with E-state index in [1.54, 1.807) is 12.1 Å². The molecule has 23 heavy (non-hydrogen) atoms. The molecular formula is C17H18N2O4. The summed E-state index contributed by atoms with van der Waals surface area (Å²) < 4.78 is 4.93. The van der Waals surface area contributed by atoms with Crippen molar-refractivity contribution in [2.45, 2.75) is 13.3 Å². The molecule has 0 bridgehead atoms. The molecule has 2 aromatic carbocycles. The van der Waals surface area contributed by atoms with Crippen LogP contribution in [0.1, 0.15) is 28.4 Å². The van der Waals surface area contributed by atoms with E-state index in [1.807, 2.05) is 19.1 Å². The average molecular weight is 314 g/mol. The Balaban J connectivity index is 2.06. The van der Waals surface area contributed by atoms with Gasteiger partial charge in [0.05, 0.1) is 13.3 Å². The van der Waals surface area contributed by atoms with Crippen LogP contribution in [-0.4, -0.2) is 29.4 Å². The van der Waals surface area contributed by atoms with Gasteiger partial charge in [0.2, 0.25) is 5.75 Å². The number of nitrogens with zero attached hydrogens (tertiary/aromatic N) is 1. The smallest absolute Gasteiger partial charge is 0.271 e. The van der Waals surface area contributed by atoms with Gasteiger partial charge in [0.15, 0.2) is 11.5 Å². The third-order valence-electron chi connectivity index (χ3n) is 3.30. The molecule has 3 N–H and O–H groups in total. The number of phenols is 2. The van der Waals surface area contributed by atoms with Crippen LogP contribution in [0.2, 0.25) is 0 Å². The van der Waals surface area contributed by atoms with E-state index in [9.17, 15) is 15.0 Å². The van der Waals surface area contributed by atoms with Gasteiger partial charge in [-0.15, -0.1) is 0 Å². The Hall–Kier alpha value is -3.02. The number of methoxy groups -OCH3 is 1. The van der Waals surface area contributed by atoms with Crippen LogP contribution in [0.4, 0.5) is 0 Å². The van der Waals surface area contributed by atoms with Gasteiger partial charge < -0.3 is 14.9 Å². The molecule has 0 aliphatic carbocycles. The van der Waals surface area contributed by atoms with Crippen molar-refractivity contribution >= 4 is 12.1 Å². The normalized spacial score (nSPS) is 10.7. The highest BCUT2D eigenvalue weighted by Crippen LogP contribution is 2.35. The van der Waals surface area contributed by atoms with Crippen molar-refractivity contribution in [3.8, 4) is 17.2 Å². The minimum Gasteiger partial charge on any atom is -0.504 e. The predicted molar refractivity (Wildman–Crippen MR) is 87.2 cm³/mol. The topological polar surface area (TPSA) is 91.2 Å². The lowest BCUT2D eigenvalue weighted by atomic mass is 10.1. The van der Waals surface area contributed by atoms with Gasteiger partial charge in [0, 0.05) is 11.1 Å². The number of rotatable bonds is 5. The molecule has 0 saturated carbocycles. The molecule has 0 atom stereocenters. The molecule has 6 nitrogen and oxygen atoms in total. The molecule has 2 aromatic rings. The van der Waals surface area contributed by atoms with Gasteiger partial charge in [-0.05, 0) is 36.2 Å². The summed E-state index contributed by atoms with van der Waals surface area (Å²) in [5.41, 5.74) is 4.53. The van der Waals surface area contributed by atoms with Crippen LogP contribution in [-0.2, 0) is 6.42 Å². The van der Waals surface area contributed by atoms with Crippen molar-refractivity contribution in [2.75, 3.05) is 7.11 Å². The minimum absolute atomic E-state index is 0.118. The fourth-order valence-electron chi connectivity index (χ4n) is 1.97. The van der Waals surface area contributed by atoms with Crippen molar-refractivity contribution in [3.05, 3.63) is 53.1 Å². The molecule has 0 aliphatic heterocycles. The second-order valence-electron chi connectivity index (χ2n) is 4.84. The number of hydrazone groups is 1. The summed E-state index contributed by atoms with van der Waals surface area (Å²) in [5.74, 6) is -0.885. The van der Waals surface area contributed by atoms with Crippen LogP contribution in [0.25, 0.3) is 0 Å². The Kier molecular flexibility index (Phi) is 5.19. The van der Waals surface area contributed by atoms with Crippen LogP contribution in [0.3, 0.4) is 0 Å². The Morgan fingerprint density at radius 3 is 2.57 bits per heavy atom. The fourth-order valence-corrected chi connectivity index (χ4v) is 1.97. The highest BCUT2D eigenvalue weighted by molar-refractivity contribution is 5.95. The largest absolute Gasteiger partial charge is 0.504 e. The fraction of sp³-hybridized carbons (Fsp3) is 0.176. The van der Waals surface area contributed by atoms with Crippen molar-refractivity contribution in [1.82, 2.24) is 5.43 Å². The zero-order valence-electron chi connectivity index (χ0n) is 12.9. The summed E-state index contributed by atoms with van der Waals surface area (Å²) in [6.45, 7) is 2.04. The van der Waals surface area contributed by atoms with E-state index in [-0.39, 0.29) is 23.2 Å². The number of benzene rings is 2. The third kappa shape index (κ3) is 4.00. The second kappa shape index (κ2) is 7.31. The lowest BCUT2D eigenvalue weighted by molar-refractivity contribution is 0.0955. The van der Waals surface area contributed by atoms with E-state index in [4.69, 9.17) is 4.74 Å². The van der Waals surface area contributed by atoms with E-state index in [0.717, 1.165) is 12.0 Å². The number of nitrogens with one attached hydrogen (secondary N) is 1. The Bertz CT molecular complexity index is 724. The van der Waals surface area contributed by atoms with Gasteiger partial charge in [0.1, 0.15) is 0 Å². The lowest BCUT2D eigenvalue weighted by Gasteiger charge is -2.06. The quantitative estimate of drug-likeness (QED) is 0.449. The van der Waals surface area contributed by atoms with Crippen LogP contribution in [0.15, 0.2) is 41.5 Å². The van der Waals surface area contributed by atoms with Gasteiger partial charge in [0.25, 0.3) is 5.91 Å². The van der Waals surface area contributed by atoms with Gasteiger partial charge in [-0.2, -0.15) is 5.10 Å². The summed E-state index contributed by atoms with van der Waals surface area (Å²) in [5, 5.41) is 22.9.